The number of nitrogens with one attached hydrogen (secondary N) is 1. The van der Waals surface area contributed by atoms with Crippen LogP contribution in [0.1, 0.15) is 46.5 Å². The van der Waals surface area contributed by atoms with Crippen molar-refractivity contribution >= 4 is 33.2 Å². The van der Waals surface area contributed by atoms with Crippen LogP contribution in [0, 0.1) is 12.8 Å². The van der Waals surface area contributed by atoms with Gasteiger partial charge in [-0.05, 0) is 54.8 Å². The molecule has 0 saturated carbocycles. The number of hydrogen-bond donors (Lipinski definition) is 1. The van der Waals surface area contributed by atoms with E-state index in [1.165, 1.54) is 30.3 Å². The van der Waals surface area contributed by atoms with Gasteiger partial charge in [0.25, 0.3) is 0 Å². The van der Waals surface area contributed by atoms with Gasteiger partial charge in [-0.15, -0.1) is 0 Å². The summed E-state index contributed by atoms with van der Waals surface area (Å²) in [7, 11) is -3.47. The summed E-state index contributed by atoms with van der Waals surface area (Å²) in [5, 5.41) is 2.75. The molecule has 0 bridgehead atoms. The number of hydrogen-bond acceptors (Lipinski definition) is 6. The Labute approximate surface area is 176 Å². The molecule has 0 aliphatic carbocycles. The molecule has 30 heavy (non-hydrogen) atoms. The minimum absolute atomic E-state index is 0.00137. The van der Waals surface area contributed by atoms with Crippen molar-refractivity contribution < 1.29 is 27.5 Å². The maximum absolute atomic E-state index is 12.3. The Kier molecular flexibility index (Phi) is 7.50. The molecule has 0 aromatic heterocycles. The smallest absolute Gasteiger partial charge is 0.338 e. The molecule has 0 aliphatic heterocycles. The zero-order valence-corrected chi connectivity index (χ0v) is 18.2. The molecule has 1 N–H and O–H groups in total. The number of esters is 1. The van der Waals surface area contributed by atoms with Gasteiger partial charge < -0.3 is 10.1 Å². The average Bonchev–Trinajstić information content (AvgIpc) is 2.65. The van der Waals surface area contributed by atoms with E-state index in [0.29, 0.717) is 23.2 Å². The summed E-state index contributed by atoms with van der Waals surface area (Å²) in [5.41, 5.74) is 1.53. The number of ether oxygens (including phenoxy) is 1. The zero-order chi connectivity index (χ0) is 22.5. The molecule has 2 rings (SSSR count). The van der Waals surface area contributed by atoms with E-state index in [1.807, 2.05) is 13.8 Å². The van der Waals surface area contributed by atoms with Crippen molar-refractivity contribution in [2.75, 3.05) is 18.2 Å². The summed E-state index contributed by atoms with van der Waals surface area (Å²) in [4.78, 5) is 36.4. The Bertz CT molecular complexity index is 1060. The Morgan fingerprint density at radius 3 is 2.23 bits per heavy atom. The predicted molar refractivity (Wildman–Crippen MR) is 113 cm³/mol. The van der Waals surface area contributed by atoms with Crippen LogP contribution in [0.2, 0.25) is 0 Å². The summed E-state index contributed by atoms with van der Waals surface area (Å²) >= 11 is 0. The van der Waals surface area contributed by atoms with E-state index in [1.54, 1.807) is 19.1 Å². The fraction of sp³-hybridized carbons (Fsp3) is 0.318. The topological polar surface area (TPSA) is 107 Å². The van der Waals surface area contributed by atoms with Gasteiger partial charge in [-0.3, -0.25) is 9.59 Å². The molecule has 0 unspecified atom stereocenters. The first-order valence-corrected chi connectivity index (χ1v) is 11.3. The van der Waals surface area contributed by atoms with E-state index < -0.39 is 28.2 Å². The lowest BCUT2D eigenvalue weighted by atomic mass is 10.1. The van der Waals surface area contributed by atoms with E-state index in [-0.39, 0.29) is 22.3 Å². The third kappa shape index (κ3) is 6.52. The van der Waals surface area contributed by atoms with Crippen LogP contribution in [0.4, 0.5) is 5.69 Å². The highest BCUT2D eigenvalue weighted by Gasteiger charge is 2.17. The fourth-order valence-corrected chi connectivity index (χ4v) is 3.31. The van der Waals surface area contributed by atoms with E-state index in [4.69, 9.17) is 4.74 Å². The van der Waals surface area contributed by atoms with Crippen LogP contribution in [0.3, 0.4) is 0 Å². The van der Waals surface area contributed by atoms with E-state index in [9.17, 15) is 22.8 Å². The number of carbonyl (C=O) groups excluding carboxylic acids is 3. The van der Waals surface area contributed by atoms with Crippen molar-refractivity contribution in [1.82, 2.24) is 0 Å². The largest absolute Gasteiger partial charge is 0.454 e. The highest BCUT2D eigenvalue weighted by atomic mass is 32.2. The quantitative estimate of drug-likeness (QED) is 0.507. The molecule has 0 fully saturated rings. The summed E-state index contributed by atoms with van der Waals surface area (Å²) < 4.78 is 28.4. The maximum Gasteiger partial charge on any atom is 0.338 e. The van der Waals surface area contributed by atoms with Crippen LogP contribution in [-0.2, 0) is 19.4 Å². The number of amides is 1. The van der Waals surface area contributed by atoms with Gasteiger partial charge in [-0.2, -0.15) is 0 Å². The van der Waals surface area contributed by atoms with E-state index in [0.717, 1.165) is 6.26 Å². The van der Waals surface area contributed by atoms with Crippen molar-refractivity contribution in [1.29, 1.82) is 0 Å². The van der Waals surface area contributed by atoms with Gasteiger partial charge in [0, 0.05) is 23.9 Å². The SMILES string of the molecule is Cc1ccc(S(C)(=O)=O)cc1C(=O)OCC(=O)c1ccc(NC(=O)CC(C)C)cc1. The second kappa shape index (κ2) is 9.67. The van der Waals surface area contributed by atoms with Gasteiger partial charge in [-0.1, -0.05) is 19.9 Å². The van der Waals surface area contributed by atoms with Crippen molar-refractivity contribution in [3.63, 3.8) is 0 Å². The molecule has 8 heteroatoms. The Morgan fingerprint density at radius 1 is 1.03 bits per heavy atom. The summed E-state index contributed by atoms with van der Waals surface area (Å²) in [5.74, 6) is -1.06. The molecule has 2 aromatic rings. The van der Waals surface area contributed by atoms with Gasteiger partial charge in [0.15, 0.2) is 22.2 Å². The predicted octanol–water partition coefficient (Wildman–Crippen LogP) is 3.42. The molecular weight excluding hydrogens is 406 g/mol. The minimum Gasteiger partial charge on any atom is -0.454 e. The van der Waals surface area contributed by atoms with E-state index >= 15 is 0 Å². The second-order valence-electron chi connectivity index (χ2n) is 7.47. The average molecular weight is 432 g/mol. The molecule has 0 spiro atoms. The number of ketones is 1. The Morgan fingerprint density at radius 2 is 1.67 bits per heavy atom. The third-order valence-corrected chi connectivity index (χ3v) is 5.39. The van der Waals surface area contributed by atoms with Gasteiger partial charge in [0.2, 0.25) is 5.91 Å². The number of rotatable bonds is 8. The van der Waals surface area contributed by atoms with Crippen LogP contribution in [0.25, 0.3) is 0 Å². The lowest BCUT2D eigenvalue weighted by molar-refractivity contribution is -0.116. The monoisotopic (exact) mass is 431 g/mol. The number of aryl methyl sites for hydroxylation is 1. The summed E-state index contributed by atoms with van der Waals surface area (Å²) in [6.07, 6.45) is 1.45. The normalized spacial score (nSPS) is 11.2. The number of benzene rings is 2. The van der Waals surface area contributed by atoms with Crippen LogP contribution in [0.5, 0.6) is 0 Å². The Hall–Kier alpha value is -3.00. The lowest BCUT2D eigenvalue weighted by Gasteiger charge is -2.09. The first kappa shape index (κ1) is 23.3. The molecule has 2 aromatic carbocycles. The highest BCUT2D eigenvalue weighted by Crippen LogP contribution is 2.17. The summed E-state index contributed by atoms with van der Waals surface area (Å²) in [6.45, 7) is 5.06. The Balaban J connectivity index is 2.00. The highest BCUT2D eigenvalue weighted by molar-refractivity contribution is 7.90. The standard InChI is InChI=1S/C22H25NO6S/c1-14(2)11-21(25)23-17-8-6-16(7-9-17)20(24)13-29-22(26)19-12-18(30(4,27)28)10-5-15(19)3/h5-10,12,14H,11,13H2,1-4H3,(H,23,25). The molecule has 0 radical (unpaired) electrons. The molecule has 0 saturated heterocycles. The second-order valence-corrected chi connectivity index (χ2v) is 9.49. The lowest BCUT2D eigenvalue weighted by Crippen LogP contribution is -2.16. The van der Waals surface area contributed by atoms with Crippen LogP contribution in [0.15, 0.2) is 47.4 Å². The van der Waals surface area contributed by atoms with Crippen molar-refractivity contribution in [2.24, 2.45) is 5.92 Å². The van der Waals surface area contributed by atoms with Gasteiger partial charge in [0.1, 0.15) is 0 Å². The van der Waals surface area contributed by atoms with Crippen LogP contribution < -0.4 is 5.32 Å². The fourth-order valence-electron chi connectivity index (χ4n) is 2.67. The molecule has 1 amide bonds. The number of sulfone groups is 1. The third-order valence-electron chi connectivity index (χ3n) is 4.28. The molecular formula is C22H25NO6S. The molecule has 0 atom stereocenters. The first-order chi connectivity index (χ1) is 14.0. The maximum atomic E-state index is 12.3. The molecule has 0 aliphatic rings. The molecule has 160 valence electrons. The van der Waals surface area contributed by atoms with Crippen LogP contribution >= 0.6 is 0 Å². The first-order valence-electron chi connectivity index (χ1n) is 9.38. The number of Topliss-reactive ketones (excluding diaryl/α,β-unsaturated/α-hetero) is 1. The number of anilines is 1. The number of carbonyl (C=O) groups is 3. The van der Waals surface area contributed by atoms with Crippen molar-refractivity contribution in [2.45, 2.75) is 32.1 Å². The van der Waals surface area contributed by atoms with Crippen LogP contribution in [-0.4, -0.2) is 38.9 Å². The zero-order valence-electron chi connectivity index (χ0n) is 17.4. The van der Waals surface area contributed by atoms with E-state index in [2.05, 4.69) is 5.32 Å². The summed E-state index contributed by atoms with van der Waals surface area (Å²) in [6, 6.07) is 10.5. The van der Waals surface area contributed by atoms with Crippen molar-refractivity contribution in [3.8, 4) is 0 Å². The van der Waals surface area contributed by atoms with Gasteiger partial charge in [-0.25, -0.2) is 13.2 Å². The molecule has 0 heterocycles. The molecule has 7 nitrogen and oxygen atoms in total. The van der Waals surface area contributed by atoms with Gasteiger partial charge >= 0.3 is 5.97 Å². The van der Waals surface area contributed by atoms with Crippen molar-refractivity contribution in [3.05, 3.63) is 59.2 Å². The minimum atomic E-state index is -3.47. The van der Waals surface area contributed by atoms with Gasteiger partial charge in [0.05, 0.1) is 10.5 Å².